The Kier molecular flexibility index (Phi) is 7.73. The number of carboxylic acids is 2. The highest BCUT2D eigenvalue weighted by Gasteiger charge is 2.72. The molecule has 14 nitrogen and oxygen atoms in total. The van der Waals surface area contributed by atoms with Crippen LogP contribution in [-0.4, -0.2) is 98.7 Å². The smallest absolute Gasteiger partial charge is 0.349 e. The number of likely N-dealkylation sites (N-methyl/N-ethyl adjacent to an activating group) is 1. The maximum atomic E-state index is 13.4. The molecule has 232 valence electrons. The topological polar surface area (TPSA) is 206 Å². The Bertz CT molecular complexity index is 1420. The fourth-order valence-corrected chi connectivity index (χ4v) is 7.04. The number of benzene rings is 1. The zero-order chi connectivity index (χ0) is 31.4. The molecule has 2 aliphatic carbocycles. The van der Waals surface area contributed by atoms with Gasteiger partial charge < -0.3 is 44.3 Å². The molecule has 1 aromatic rings. The van der Waals surface area contributed by atoms with Gasteiger partial charge in [0.1, 0.15) is 17.4 Å². The summed E-state index contributed by atoms with van der Waals surface area (Å²) in [6.07, 6.45) is -3.35. The summed E-state index contributed by atoms with van der Waals surface area (Å²) < 4.78 is 22.0. The highest BCUT2D eigenvalue weighted by Crippen LogP contribution is 2.64. The Hall–Kier alpha value is -4.01. The minimum absolute atomic E-state index is 0.0713. The number of likely N-dealkylation sites (tertiary alicyclic amines) is 1. The molecular weight excluding hydrogens is 570 g/mol. The predicted octanol–water partition coefficient (Wildman–Crippen LogP) is 0.0387. The molecule has 7 atom stereocenters. The predicted molar refractivity (Wildman–Crippen MR) is 141 cm³/mol. The second kappa shape index (κ2) is 10.9. The minimum Gasteiger partial charge on any atom is -0.481 e. The molecule has 4 N–H and O–H groups in total. The van der Waals surface area contributed by atoms with E-state index in [0.717, 1.165) is 18.1 Å². The van der Waals surface area contributed by atoms with E-state index < -0.39 is 71.5 Å². The summed E-state index contributed by atoms with van der Waals surface area (Å²) >= 11 is 0. The monoisotopic (exact) mass is 603 g/mol. The van der Waals surface area contributed by atoms with Gasteiger partial charge in [-0.25, -0.2) is 9.59 Å². The van der Waals surface area contributed by atoms with Gasteiger partial charge in [-0.15, -0.1) is 0 Å². The van der Waals surface area contributed by atoms with Crippen LogP contribution in [-0.2, 0) is 56.6 Å². The van der Waals surface area contributed by atoms with Gasteiger partial charge in [0.05, 0.1) is 24.0 Å². The molecule has 0 amide bonds. The molecule has 0 unspecified atom stereocenters. The van der Waals surface area contributed by atoms with Crippen molar-refractivity contribution in [1.82, 2.24) is 4.90 Å². The maximum Gasteiger partial charge on any atom is 0.349 e. The van der Waals surface area contributed by atoms with E-state index in [2.05, 4.69) is 4.90 Å². The zero-order valence-electron chi connectivity index (χ0n) is 23.8. The fraction of sp³-hybridized carbons (Fsp3) is 0.552. The Labute approximate surface area is 245 Å². The highest BCUT2D eigenvalue weighted by atomic mass is 16.6. The van der Waals surface area contributed by atoms with E-state index in [1.165, 1.54) is 6.92 Å². The molecule has 0 saturated carbocycles. The second-order valence-corrected chi connectivity index (χ2v) is 11.5. The molecule has 1 aromatic carbocycles. The number of ether oxygens (including phenoxy) is 4. The number of carbonyl (C=O) groups excluding carboxylic acids is 3. The first kappa shape index (κ1) is 30.4. The highest BCUT2D eigenvalue weighted by molar-refractivity contribution is 5.88. The summed E-state index contributed by atoms with van der Waals surface area (Å²) in [5.74, 6) is -7.76. The van der Waals surface area contributed by atoms with Gasteiger partial charge in [0, 0.05) is 30.5 Å². The molecule has 5 rings (SSSR count). The Morgan fingerprint density at radius 1 is 1.14 bits per heavy atom. The Morgan fingerprint density at radius 2 is 1.86 bits per heavy atom. The lowest BCUT2D eigenvalue weighted by molar-refractivity contribution is -0.185. The van der Waals surface area contributed by atoms with Gasteiger partial charge in [0.2, 0.25) is 12.2 Å². The quantitative estimate of drug-likeness (QED) is 0.206. The molecule has 43 heavy (non-hydrogen) atoms. The van der Waals surface area contributed by atoms with Crippen LogP contribution in [0.1, 0.15) is 49.8 Å². The standard InChI is InChI=1S/C29H33NO13/c1-13(22(40-14(2)32)27(38)42-18(25(35)36)11-20(33)34)26(37)41-17-6-7-29(39)19-10-15-4-5-16(12-31)23-21(15)28(29,24(17)43-23)8-9-30(19)3/h4-6,13,18-19,22,24,31,39H,7-12H2,1-3H3,(H,33,34)(H,35,36)/t13-,18-,19-,22-,24+,28+,29-/m1/s1. The first-order chi connectivity index (χ1) is 20.2. The third-order valence-electron chi connectivity index (χ3n) is 9.09. The molecule has 2 bridgehead atoms. The maximum absolute atomic E-state index is 13.4. The van der Waals surface area contributed by atoms with Crippen LogP contribution >= 0.6 is 0 Å². The van der Waals surface area contributed by atoms with Gasteiger partial charge in [0.15, 0.2) is 6.10 Å². The fourth-order valence-electron chi connectivity index (χ4n) is 7.04. The van der Waals surface area contributed by atoms with Gasteiger partial charge in [-0.3, -0.25) is 14.4 Å². The normalized spacial score (nSPS) is 28.7. The zero-order valence-corrected chi connectivity index (χ0v) is 23.8. The van der Waals surface area contributed by atoms with E-state index in [1.807, 2.05) is 13.1 Å². The molecule has 1 spiro atoms. The van der Waals surface area contributed by atoms with Crippen molar-refractivity contribution in [3.05, 3.63) is 40.7 Å². The summed E-state index contributed by atoms with van der Waals surface area (Å²) in [5, 5.41) is 40.5. The number of hydrogen-bond donors (Lipinski definition) is 4. The second-order valence-electron chi connectivity index (χ2n) is 11.5. The summed E-state index contributed by atoms with van der Waals surface area (Å²) in [6.45, 7) is 2.48. The number of carboxylic acid groups (broad SMARTS) is 2. The third kappa shape index (κ3) is 4.73. The van der Waals surface area contributed by atoms with Crippen molar-refractivity contribution in [3.8, 4) is 5.75 Å². The largest absolute Gasteiger partial charge is 0.481 e. The molecule has 1 saturated heterocycles. The molecule has 0 aromatic heterocycles. The number of hydrogen-bond acceptors (Lipinski definition) is 12. The van der Waals surface area contributed by atoms with Crippen LogP contribution in [0.25, 0.3) is 0 Å². The first-order valence-electron chi connectivity index (χ1n) is 13.8. The van der Waals surface area contributed by atoms with E-state index >= 15 is 0 Å². The van der Waals surface area contributed by atoms with Gasteiger partial charge in [-0.2, -0.15) is 0 Å². The molecule has 4 aliphatic rings. The molecule has 14 heteroatoms. The van der Waals surface area contributed by atoms with Gasteiger partial charge in [-0.1, -0.05) is 12.1 Å². The van der Waals surface area contributed by atoms with Gasteiger partial charge in [-0.05, 0) is 45.0 Å². The number of nitrogens with zero attached hydrogens (tertiary/aromatic N) is 1. The van der Waals surface area contributed by atoms with Crippen molar-refractivity contribution < 1.29 is 63.3 Å². The SMILES string of the molecule is CC(=O)O[C@@H](C(=O)O[C@H](CC(=O)O)C(=O)O)[C@@H](C)C(=O)OC1=CC[C@@]2(O)[C@H]3Cc4ccc(CO)c5c4[C@@]2(CCN3C)[C@H]1O5. The number of aliphatic hydroxyl groups is 2. The van der Waals surface area contributed by atoms with Crippen molar-refractivity contribution in [2.75, 3.05) is 13.6 Å². The summed E-state index contributed by atoms with van der Waals surface area (Å²) in [5.41, 5.74) is -0.00757. The van der Waals surface area contributed by atoms with Crippen molar-refractivity contribution in [1.29, 1.82) is 0 Å². The van der Waals surface area contributed by atoms with Crippen LogP contribution in [0.4, 0.5) is 0 Å². The van der Waals surface area contributed by atoms with Crippen molar-refractivity contribution in [2.45, 2.75) is 81.5 Å². The van der Waals surface area contributed by atoms with E-state index in [4.69, 9.17) is 24.1 Å². The van der Waals surface area contributed by atoms with Gasteiger partial charge >= 0.3 is 29.8 Å². The van der Waals surface area contributed by atoms with E-state index in [9.17, 15) is 39.3 Å². The van der Waals surface area contributed by atoms with Crippen molar-refractivity contribution in [3.63, 3.8) is 0 Å². The summed E-state index contributed by atoms with van der Waals surface area (Å²) in [7, 11) is 1.94. The summed E-state index contributed by atoms with van der Waals surface area (Å²) in [6, 6.07) is 3.43. The molecule has 0 radical (unpaired) electrons. The first-order valence-corrected chi connectivity index (χ1v) is 13.8. The molecule has 2 heterocycles. The number of aliphatic carboxylic acids is 2. The van der Waals surface area contributed by atoms with Crippen LogP contribution in [0.5, 0.6) is 5.75 Å². The lowest BCUT2D eigenvalue weighted by atomic mass is 9.50. The van der Waals surface area contributed by atoms with Crippen LogP contribution < -0.4 is 4.74 Å². The van der Waals surface area contributed by atoms with Crippen LogP contribution in [0.2, 0.25) is 0 Å². The molecular formula is C29H33NO13. The molecule has 1 fully saturated rings. The lowest BCUT2D eigenvalue weighted by Gasteiger charge is -2.61. The number of carbonyl (C=O) groups is 5. The number of piperidine rings is 1. The average molecular weight is 604 g/mol. The van der Waals surface area contributed by atoms with Crippen molar-refractivity contribution >= 4 is 29.8 Å². The summed E-state index contributed by atoms with van der Waals surface area (Å²) in [4.78, 5) is 62.6. The van der Waals surface area contributed by atoms with Crippen LogP contribution in [0.3, 0.4) is 0 Å². The Balaban J connectivity index is 1.45. The molecule has 2 aliphatic heterocycles. The number of rotatable bonds is 10. The van der Waals surface area contributed by atoms with E-state index in [1.54, 1.807) is 12.1 Å². The third-order valence-corrected chi connectivity index (χ3v) is 9.09. The van der Waals surface area contributed by atoms with Crippen molar-refractivity contribution in [2.24, 2.45) is 5.92 Å². The van der Waals surface area contributed by atoms with E-state index in [0.29, 0.717) is 30.7 Å². The van der Waals surface area contributed by atoms with E-state index in [-0.39, 0.29) is 24.8 Å². The van der Waals surface area contributed by atoms with Gasteiger partial charge in [0.25, 0.3) is 0 Å². The number of aliphatic hydroxyl groups excluding tert-OH is 1. The Morgan fingerprint density at radius 3 is 2.49 bits per heavy atom. The lowest BCUT2D eigenvalue weighted by Crippen LogP contribution is -2.74. The minimum atomic E-state index is -2.09. The number of esters is 3. The van der Waals surface area contributed by atoms with Crippen LogP contribution in [0.15, 0.2) is 24.0 Å². The van der Waals surface area contributed by atoms with Crippen LogP contribution in [0, 0.1) is 5.92 Å². The average Bonchev–Trinajstić information content (AvgIpc) is 3.29.